The molecule has 1 N–H and O–H groups in total. The third-order valence-corrected chi connectivity index (χ3v) is 5.31. The molecule has 0 spiro atoms. The summed E-state index contributed by atoms with van der Waals surface area (Å²) in [6.45, 7) is 5.55. The van der Waals surface area contributed by atoms with Crippen molar-refractivity contribution in [2.45, 2.75) is 38.4 Å². The van der Waals surface area contributed by atoms with E-state index in [1.807, 2.05) is 6.07 Å². The molecule has 0 bridgehead atoms. The normalized spacial score (nSPS) is 25.1. The Bertz CT molecular complexity index is 607. The smallest absolute Gasteiger partial charge is 0.318 e. The maximum atomic E-state index is 12.4. The summed E-state index contributed by atoms with van der Waals surface area (Å²) < 4.78 is 0. The van der Waals surface area contributed by atoms with E-state index in [1.54, 1.807) is 16.8 Å². The highest BCUT2D eigenvalue weighted by Crippen LogP contribution is 2.20. The minimum absolute atomic E-state index is 0.00690. The largest absolute Gasteiger partial charge is 0.342 e. The van der Waals surface area contributed by atoms with E-state index in [9.17, 15) is 9.59 Å². The molecule has 2 fully saturated rings. The van der Waals surface area contributed by atoms with Crippen LogP contribution in [-0.2, 0) is 11.3 Å². The highest BCUT2D eigenvalue weighted by atomic mass is 16.2. The van der Waals surface area contributed by atoms with Gasteiger partial charge in [0.05, 0.1) is 0 Å². The molecule has 0 aromatic heterocycles. The van der Waals surface area contributed by atoms with Crippen molar-refractivity contribution in [3.8, 4) is 0 Å². The fourth-order valence-corrected chi connectivity index (χ4v) is 3.60. The number of hydrogen-bond donors (Lipinski definition) is 1. The Labute approximate surface area is 149 Å². The molecule has 1 aromatic carbocycles. The first-order valence-electron chi connectivity index (χ1n) is 9.10. The van der Waals surface area contributed by atoms with E-state index in [2.05, 4.69) is 41.4 Å². The van der Waals surface area contributed by atoms with E-state index >= 15 is 0 Å². The Morgan fingerprint density at radius 2 is 1.96 bits per heavy atom. The van der Waals surface area contributed by atoms with Crippen molar-refractivity contribution >= 4 is 11.9 Å². The summed E-state index contributed by atoms with van der Waals surface area (Å²) >= 11 is 0. The van der Waals surface area contributed by atoms with Crippen LogP contribution in [0.4, 0.5) is 4.79 Å². The number of carbonyl (C=O) groups excluding carboxylic acids is 2. The minimum atomic E-state index is -0.102. The summed E-state index contributed by atoms with van der Waals surface area (Å²) in [4.78, 5) is 30.0. The molecule has 0 unspecified atom stereocenters. The zero-order valence-corrected chi connectivity index (χ0v) is 15.1. The number of hydrogen-bond acceptors (Lipinski definition) is 3. The zero-order valence-electron chi connectivity index (χ0n) is 15.1. The monoisotopic (exact) mass is 344 g/mol. The van der Waals surface area contributed by atoms with Crippen molar-refractivity contribution in [1.29, 1.82) is 0 Å². The number of amides is 3. The van der Waals surface area contributed by atoms with Gasteiger partial charge >= 0.3 is 6.03 Å². The van der Waals surface area contributed by atoms with Crippen LogP contribution in [0.5, 0.6) is 0 Å². The van der Waals surface area contributed by atoms with Gasteiger partial charge in [-0.05, 0) is 25.3 Å². The average molecular weight is 344 g/mol. The molecule has 2 saturated heterocycles. The Kier molecular flexibility index (Phi) is 5.58. The second-order valence-corrected chi connectivity index (χ2v) is 7.21. The van der Waals surface area contributed by atoms with E-state index in [0.29, 0.717) is 19.1 Å². The molecule has 0 aliphatic carbocycles. The van der Waals surface area contributed by atoms with Gasteiger partial charge in [-0.3, -0.25) is 9.69 Å². The van der Waals surface area contributed by atoms with Gasteiger partial charge < -0.3 is 15.1 Å². The van der Waals surface area contributed by atoms with Gasteiger partial charge in [0.25, 0.3) is 0 Å². The predicted octanol–water partition coefficient (Wildman–Crippen LogP) is 1.52. The lowest BCUT2D eigenvalue weighted by atomic mass is 9.97. The number of piperidine rings is 1. The van der Waals surface area contributed by atoms with Crippen LogP contribution >= 0.6 is 0 Å². The van der Waals surface area contributed by atoms with Crippen LogP contribution in [0, 0.1) is 0 Å². The van der Waals surface area contributed by atoms with E-state index in [-0.39, 0.29) is 24.5 Å². The molecule has 2 atom stereocenters. The van der Waals surface area contributed by atoms with Crippen LogP contribution in [0.3, 0.4) is 0 Å². The van der Waals surface area contributed by atoms with Crippen molar-refractivity contribution in [2.24, 2.45) is 0 Å². The van der Waals surface area contributed by atoms with Crippen LogP contribution in [0.25, 0.3) is 0 Å². The maximum absolute atomic E-state index is 12.4. The van der Waals surface area contributed by atoms with Crippen LogP contribution in [0.2, 0.25) is 0 Å². The molecule has 6 heteroatoms. The molecular formula is C19H28N4O2. The van der Waals surface area contributed by atoms with Gasteiger partial charge in [0.15, 0.2) is 0 Å². The number of rotatable bonds is 3. The predicted molar refractivity (Wildman–Crippen MR) is 97.1 cm³/mol. The molecule has 0 saturated carbocycles. The number of nitrogens with one attached hydrogen (secondary N) is 1. The van der Waals surface area contributed by atoms with Crippen molar-refractivity contribution in [2.75, 3.05) is 33.2 Å². The van der Waals surface area contributed by atoms with Gasteiger partial charge in [0, 0.05) is 45.3 Å². The molecule has 136 valence electrons. The first-order chi connectivity index (χ1) is 12.0. The minimum Gasteiger partial charge on any atom is -0.342 e. The molecule has 0 radical (unpaired) electrons. The van der Waals surface area contributed by atoms with Crippen molar-refractivity contribution in [3.63, 3.8) is 0 Å². The lowest BCUT2D eigenvalue weighted by Gasteiger charge is -2.39. The van der Waals surface area contributed by atoms with Crippen molar-refractivity contribution in [1.82, 2.24) is 20.0 Å². The van der Waals surface area contributed by atoms with E-state index in [1.165, 1.54) is 5.56 Å². The summed E-state index contributed by atoms with van der Waals surface area (Å²) in [6, 6.07) is 11.0. The molecule has 1 aromatic rings. The molecule has 3 amide bonds. The number of likely N-dealkylation sites (tertiary alicyclic amines) is 1. The summed E-state index contributed by atoms with van der Waals surface area (Å²) in [5.41, 5.74) is 1.33. The van der Waals surface area contributed by atoms with Gasteiger partial charge in [-0.2, -0.15) is 0 Å². The third kappa shape index (κ3) is 4.51. The Balaban J connectivity index is 1.48. The zero-order chi connectivity index (χ0) is 17.8. The fourth-order valence-electron chi connectivity index (χ4n) is 3.60. The van der Waals surface area contributed by atoms with Gasteiger partial charge in [-0.1, -0.05) is 30.3 Å². The van der Waals surface area contributed by atoms with Crippen molar-refractivity contribution in [3.05, 3.63) is 35.9 Å². The highest BCUT2D eigenvalue weighted by Gasteiger charge is 2.30. The van der Waals surface area contributed by atoms with Crippen LogP contribution in [0.15, 0.2) is 30.3 Å². The molecule has 2 aliphatic heterocycles. The van der Waals surface area contributed by atoms with E-state index < -0.39 is 0 Å². The summed E-state index contributed by atoms with van der Waals surface area (Å²) in [5, 5.41) is 3.13. The molecule has 2 aliphatic rings. The molecular weight excluding hydrogens is 316 g/mol. The van der Waals surface area contributed by atoms with Crippen LogP contribution in [0.1, 0.15) is 25.3 Å². The topological polar surface area (TPSA) is 55.9 Å². The number of carbonyl (C=O) groups is 2. The first-order valence-corrected chi connectivity index (χ1v) is 9.10. The van der Waals surface area contributed by atoms with Gasteiger partial charge in [-0.15, -0.1) is 0 Å². The molecule has 2 heterocycles. The maximum Gasteiger partial charge on any atom is 0.318 e. The van der Waals surface area contributed by atoms with Crippen LogP contribution < -0.4 is 5.32 Å². The number of nitrogens with zero attached hydrogens (tertiary/aromatic N) is 3. The summed E-state index contributed by atoms with van der Waals surface area (Å²) in [6.07, 6.45) is 1.89. The second kappa shape index (κ2) is 7.87. The quantitative estimate of drug-likeness (QED) is 0.905. The Hall–Kier alpha value is -2.08. The number of benzene rings is 1. The first kappa shape index (κ1) is 17.7. The van der Waals surface area contributed by atoms with Crippen molar-refractivity contribution < 1.29 is 9.59 Å². The third-order valence-electron chi connectivity index (χ3n) is 5.31. The Morgan fingerprint density at radius 3 is 2.64 bits per heavy atom. The van der Waals surface area contributed by atoms with Gasteiger partial charge in [-0.25, -0.2) is 4.79 Å². The van der Waals surface area contributed by atoms with Gasteiger partial charge in [0.2, 0.25) is 5.91 Å². The summed E-state index contributed by atoms with van der Waals surface area (Å²) in [5.74, 6) is 0.00690. The number of piperazine rings is 1. The van der Waals surface area contributed by atoms with E-state index in [4.69, 9.17) is 0 Å². The number of urea groups is 1. The molecule has 3 rings (SSSR count). The average Bonchev–Trinajstić information content (AvgIpc) is 2.60. The van der Waals surface area contributed by atoms with Crippen LogP contribution in [-0.4, -0.2) is 71.9 Å². The SMILES string of the molecule is C[C@@H]1C[C@@H](NC(=O)N2CCN(C)C(=O)C2)CCN1Cc1ccccc1. The highest BCUT2D eigenvalue weighted by molar-refractivity contribution is 5.85. The summed E-state index contributed by atoms with van der Waals surface area (Å²) in [7, 11) is 1.78. The second-order valence-electron chi connectivity index (χ2n) is 7.21. The standard InChI is InChI=1S/C19H28N4O2/c1-15-12-17(8-9-22(15)13-16-6-4-3-5-7-16)20-19(25)23-11-10-21(2)18(24)14-23/h3-7,15,17H,8-14H2,1-2H3,(H,20,25)/t15-,17+/m1/s1. The Morgan fingerprint density at radius 1 is 1.20 bits per heavy atom. The van der Waals surface area contributed by atoms with Gasteiger partial charge in [0.1, 0.15) is 6.54 Å². The lowest BCUT2D eigenvalue weighted by Crippen LogP contribution is -2.56. The van der Waals surface area contributed by atoms with E-state index in [0.717, 1.165) is 25.9 Å². The molecule has 25 heavy (non-hydrogen) atoms. The number of likely N-dealkylation sites (N-methyl/N-ethyl adjacent to an activating group) is 1. The lowest BCUT2D eigenvalue weighted by molar-refractivity contribution is -0.133. The molecule has 6 nitrogen and oxygen atoms in total. The fraction of sp³-hybridized carbons (Fsp3) is 0.579.